The van der Waals surface area contributed by atoms with Crippen molar-refractivity contribution in [2.75, 3.05) is 18.5 Å². The Morgan fingerprint density at radius 3 is 2.74 bits per heavy atom. The van der Waals surface area contributed by atoms with E-state index in [1.54, 1.807) is 12.3 Å². The molecule has 1 aromatic heterocycles. The number of nitrogens with one attached hydrogen (secondary N) is 3. The van der Waals surface area contributed by atoms with Crippen LogP contribution < -0.4 is 10.6 Å². The van der Waals surface area contributed by atoms with Gasteiger partial charge in [-0.05, 0) is 49.8 Å². The second-order valence-electron chi connectivity index (χ2n) is 8.67. The second-order valence-corrected chi connectivity index (χ2v) is 8.67. The Labute approximate surface area is 181 Å². The second kappa shape index (κ2) is 8.48. The monoisotopic (exact) mass is 414 g/mol. The fourth-order valence-corrected chi connectivity index (χ4v) is 4.00. The lowest BCUT2D eigenvalue weighted by Gasteiger charge is -2.33. The van der Waals surface area contributed by atoms with E-state index in [-0.39, 0.29) is 0 Å². The minimum atomic E-state index is 0.324. The molecule has 3 N–H and O–H groups in total. The molecule has 0 amide bonds. The minimum Gasteiger partial charge on any atom is -0.388 e. The van der Waals surface area contributed by atoms with Gasteiger partial charge in [0, 0.05) is 41.2 Å². The van der Waals surface area contributed by atoms with Gasteiger partial charge < -0.3 is 20.8 Å². The summed E-state index contributed by atoms with van der Waals surface area (Å²) in [6, 6.07) is 8.79. The normalized spacial score (nSPS) is 23.8. The van der Waals surface area contributed by atoms with Gasteiger partial charge in [-0.3, -0.25) is 4.98 Å². The number of nitrogens with zero attached hydrogens (tertiary/aromatic N) is 3. The van der Waals surface area contributed by atoms with E-state index >= 15 is 0 Å². The first-order chi connectivity index (χ1) is 15.2. The number of hydrogen-bond acceptors (Lipinski definition) is 7. The molecule has 1 saturated heterocycles. The zero-order valence-electron chi connectivity index (χ0n) is 17.3. The number of rotatable bonds is 8. The minimum absolute atomic E-state index is 0.324. The van der Waals surface area contributed by atoms with Gasteiger partial charge in [-0.2, -0.15) is 5.26 Å². The Hall–Kier alpha value is -3.24. The van der Waals surface area contributed by atoms with Crippen LogP contribution in [0.2, 0.25) is 0 Å². The third-order valence-electron chi connectivity index (χ3n) is 6.18. The number of ether oxygens (including phenoxy) is 1. The third kappa shape index (κ3) is 4.44. The van der Waals surface area contributed by atoms with Crippen molar-refractivity contribution in [1.82, 2.24) is 15.3 Å². The van der Waals surface area contributed by atoms with E-state index in [0.29, 0.717) is 29.6 Å². The predicted octanol–water partition coefficient (Wildman–Crippen LogP) is 3.66. The number of fused-ring (bicyclic) bond motifs is 1. The van der Waals surface area contributed by atoms with Gasteiger partial charge in [-0.15, -0.1) is 0 Å². The highest BCUT2D eigenvalue weighted by molar-refractivity contribution is 6.23. The predicted molar refractivity (Wildman–Crippen MR) is 121 cm³/mol. The molecule has 0 atom stereocenters. The molecule has 2 aliphatic carbocycles. The molecule has 0 radical (unpaired) electrons. The zero-order chi connectivity index (χ0) is 21.2. The van der Waals surface area contributed by atoms with Gasteiger partial charge in [-0.1, -0.05) is 6.08 Å². The summed E-state index contributed by atoms with van der Waals surface area (Å²) in [5.41, 5.74) is 4.89. The Morgan fingerprint density at radius 1 is 1.19 bits per heavy atom. The molecule has 0 spiro atoms. The molecular formula is C24H26N6O. The molecule has 5 rings (SSSR count). The van der Waals surface area contributed by atoms with E-state index in [2.05, 4.69) is 21.7 Å². The van der Waals surface area contributed by atoms with Crippen molar-refractivity contribution in [2.45, 2.75) is 37.8 Å². The van der Waals surface area contributed by atoms with Crippen LogP contribution in [0.25, 0.3) is 16.6 Å². The Kier molecular flexibility index (Phi) is 5.39. The standard InChI is InChI=1S/C24H26N6O/c25-7-1-2-15-8-18(9-15)27-11-20(24(26)16-3-4-16)23-12-28-21-6-5-17(10-22(21)30-23)29-19-13-31-14-19/h1-2,5-6,10-12,15-16,18-19,26-27,29H,3-4,8-9,13-14H2/b2-1+,20-11-,26-24?. The number of hydrogen-bond donors (Lipinski definition) is 3. The van der Waals surface area contributed by atoms with Crippen molar-refractivity contribution in [3.63, 3.8) is 0 Å². The molecule has 1 aromatic carbocycles. The number of anilines is 1. The maximum absolute atomic E-state index is 8.68. The molecule has 7 nitrogen and oxygen atoms in total. The summed E-state index contributed by atoms with van der Waals surface area (Å²) in [5, 5.41) is 24.3. The van der Waals surface area contributed by atoms with Crippen LogP contribution >= 0.6 is 0 Å². The van der Waals surface area contributed by atoms with Crippen molar-refractivity contribution in [2.24, 2.45) is 11.8 Å². The van der Waals surface area contributed by atoms with Crippen molar-refractivity contribution < 1.29 is 4.74 Å². The zero-order valence-corrected chi connectivity index (χ0v) is 17.3. The maximum atomic E-state index is 8.68. The van der Waals surface area contributed by atoms with Gasteiger partial charge in [0.2, 0.25) is 0 Å². The first-order valence-corrected chi connectivity index (χ1v) is 10.9. The summed E-state index contributed by atoms with van der Waals surface area (Å²) in [4.78, 5) is 9.47. The largest absolute Gasteiger partial charge is 0.388 e. The van der Waals surface area contributed by atoms with Crippen LogP contribution in [-0.2, 0) is 4.74 Å². The molecule has 3 aliphatic rings. The lowest BCUT2D eigenvalue weighted by atomic mass is 9.80. The lowest BCUT2D eigenvalue weighted by molar-refractivity contribution is 0.0211. The molecule has 0 unspecified atom stereocenters. The fourth-order valence-electron chi connectivity index (χ4n) is 4.00. The molecule has 31 heavy (non-hydrogen) atoms. The van der Waals surface area contributed by atoms with E-state index in [0.717, 1.165) is 66.9 Å². The summed E-state index contributed by atoms with van der Waals surface area (Å²) < 4.78 is 5.24. The highest BCUT2D eigenvalue weighted by atomic mass is 16.5. The number of allylic oxidation sites excluding steroid dienone is 3. The molecule has 7 heteroatoms. The molecule has 2 heterocycles. The maximum Gasteiger partial charge on any atom is 0.0925 e. The molecule has 158 valence electrons. The van der Waals surface area contributed by atoms with E-state index in [4.69, 9.17) is 20.4 Å². The van der Waals surface area contributed by atoms with Crippen molar-refractivity contribution in [1.29, 1.82) is 10.7 Å². The van der Waals surface area contributed by atoms with Crippen LogP contribution in [0.4, 0.5) is 5.69 Å². The van der Waals surface area contributed by atoms with E-state index in [9.17, 15) is 0 Å². The Morgan fingerprint density at radius 2 is 2.03 bits per heavy atom. The van der Waals surface area contributed by atoms with Crippen LogP contribution in [0.1, 0.15) is 31.4 Å². The lowest BCUT2D eigenvalue weighted by Crippen LogP contribution is -2.40. The summed E-state index contributed by atoms with van der Waals surface area (Å²) in [6.45, 7) is 1.46. The average molecular weight is 415 g/mol. The van der Waals surface area contributed by atoms with Gasteiger partial charge in [0.15, 0.2) is 0 Å². The number of aromatic nitrogens is 2. The van der Waals surface area contributed by atoms with Crippen molar-refractivity contribution in [3.05, 3.63) is 48.4 Å². The van der Waals surface area contributed by atoms with Gasteiger partial charge in [0.05, 0.1) is 48.2 Å². The highest BCUT2D eigenvalue weighted by Crippen LogP contribution is 2.35. The van der Waals surface area contributed by atoms with Gasteiger partial charge >= 0.3 is 0 Å². The summed E-state index contributed by atoms with van der Waals surface area (Å²) >= 11 is 0. The van der Waals surface area contributed by atoms with E-state index in [1.165, 1.54) is 0 Å². The first-order valence-electron chi connectivity index (χ1n) is 10.9. The van der Waals surface area contributed by atoms with Crippen LogP contribution in [0.5, 0.6) is 0 Å². The van der Waals surface area contributed by atoms with E-state index in [1.807, 2.05) is 30.5 Å². The molecule has 2 aromatic rings. The number of benzene rings is 1. The molecule has 3 fully saturated rings. The quantitative estimate of drug-likeness (QED) is 0.450. The van der Waals surface area contributed by atoms with Crippen LogP contribution in [0, 0.1) is 28.6 Å². The molecular weight excluding hydrogens is 388 g/mol. The highest BCUT2D eigenvalue weighted by Gasteiger charge is 2.31. The molecule has 1 aliphatic heterocycles. The first kappa shape index (κ1) is 19.7. The fraction of sp³-hybridized carbons (Fsp3) is 0.417. The summed E-state index contributed by atoms with van der Waals surface area (Å²) in [5.74, 6) is 0.786. The smallest absolute Gasteiger partial charge is 0.0925 e. The summed E-state index contributed by atoms with van der Waals surface area (Å²) in [7, 11) is 0. The van der Waals surface area contributed by atoms with Gasteiger partial charge in [0.1, 0.15) is 0 Å². The summed E-state index contributed by atoms with van der Waals surface area (Å²) in [6.07, 6.45) is 11.4. The van der Waals surface area contributed by atoms with E-state index < -0.39 is 0 Å². The SMILES string of the molecule is N#C/C=C/C1CC(N/C=C(\C(=N)C2CC2)c2cnc3ccc(NC4COC4)cc3n2)C1. The number of nitriles is 1. The van der Waals surface area contributed by atoms with Crippen LogP contribution in [-0.4, -0.2) is 41.0 Å². The van der Waals surface area contributed by atoms with Crippen molar-refractivity contribution >= 4 is 28.0 Å². The van der Waals surface area contributed by atoms with Gasteiger partial charge in [-0.25, -0.2) is 4.98 Å². The molecule has 2 saturated carbocycles. The molecule has 0 bridgehead atoms. The third-order valence-corrected chi connectivity index (χ3v) is 6.18. The topological polar surface area (TPSA) is 107 Å². The van der Waals surface area contributed by atoms with Crippen LogP contribution in [0.15, 0.2) is 42.7 Å². The van der Waals surface area contributed by atoms with Gasteiger partial charge in [0.25, 0.3) is 0 Å². The van der Waals surface area contributed by atoms with Crippen LogP contribution in [0.3, 0.4) is 0 Å². The average Bonchev–Trinajstić information content (AvgIpc) is 3.56. The Balaban J connectivity index is 1.36. The van der Waals surface area contributed by atoms with Crippen molar-refractivity contribution in [3.8, 4) is 6.07 Å². The Bertz CT molecular complexity index is 1090.